The summed E-state index contributed by atoms with van der Waals surface area (Å²) in [4.78, 5) is 15.5. The lowest BCUT2D eigenvalue weighted by molar-refractivity contribution is 0.0697. The number of fused-ring (bicyclic) bond motifs is 1. The number of hydrogen-bond donors (Lipinski definition) is 1. The Kier molecular flexibility index (Phi) is 3.31. The number of carbonyl (C=O) groups is 1. The van der Waals surface area contributed by atoms with E-state index < -0.39 is 5.97 Å². The van der Waals surface area contributed by atoms with E-state index in [9.17, 15) is 4.79 Å². The van der Waals surface area contributed by atoms with Crippen LogP contribution in [0.2, 0.25) is 0 Å². The van der Waals surface area contributed by atoms with Crippen LogP contribution in [-0.4, -0.2) is 16.1 Å². The fraction of sp³-hybridized carbons (Fsp3) is 0.0667. The molecule has 1 N–H and O–H groups in total. The molecule has 100 valence electrons. The van der Waals surface area contributed by atoms with Gasteiger partial charge in [0.2, 0.25) is 0 Å². The monoisotopic (exact) mass is 347 g/mol. The van der Waals surface area contributed by atoms with Crippen molar-refractivity contribution in [1.29, 1.82) is 0 Å². The summed E-state index contributed by atoms with van der Waals surface area (Å²) in [5.41, 5.74) is 3.31. The zero-order valence-corrected chi connectivity index (χ0v) is 13.0. The van der Waals surface area contributed by atoms with Crippen molar-refractivity contribution in [3.8, 4) is 10.6 Å². The van der Waals surface area contributed by atoms with E-state index in [0.717, 1.165) is 25.3 Å². The van der Waals surface area contributed by atoms with Gasteiger partial charge in [-0.15, -0.1) is 11.3 Å². The first-order chi connectivity index (χ1) is 9.54. The minimum absolute atomic E-state index is 0.290. The molecule has 3 nitrogen and oxygen atoms in total. The number of rotatable bonds is 2. The Balaban J connectivity index is 2.12. The molecule has 5 heteroatoms. The second kappa shape index (κ2) is 5.00. The van der Waals surface area contributed by atoms with Crippen LogP contribution in [0.5, 0.6) is 0 Å². The van der Waals surface area contributed by atoms with Crippen molar-refractivity contribution in [2.45, 2.75) is 6.92 Å². The van der Waals surface area contributed by atoms with Crippen LogP contribution < -0.4 is 0 Å². The van der Waals surface area contributed by atoms with Gasteiger partial charge in [-0.05, 0) is 36.8 Å². The Morgan fingerprint density at radius 3 is 2.75 bits per heavy atom. The highest BCUT2D eigenvalue weighted by Crippen LogP contribution is 2.32. The van der Waals surface area contributed by atoms with Gasteiger partial charge >= 0.3 is 5.97 Å². The van der Waals surface area contributed by atoms with Crippen molar-refractivity contribution in [1.82, 2.24) is 4.98 Å². The van der Waals surface area contributed by atoms with E-state index in [4.69, 9.17) is 5.11 Å². The lowest BCUT2D eigenvalue weighted by Gasteiger charge is -2.00. The normalized spacial score (nSPS) is 10.9. The largest absolute Gasteiger partial charge is 0.478 e. The molecule has 0 atom stereocenters. The number of halogens is 1. The maximum Gasteiger partial charge on any atom is 0.335 e. The van der Waals surface area contributed by atoms with Gasteiger partial charge in [0.05, 0.1) is 15.8 Å². The predicted molar refractivity (Wildman–Crippen MR) is 84.5 cm³/mol. The molecular weight excluding hydrogens is 338 g/mol. The second-order valence-electron chi connectivity index (χ2n) is 4.47. The minimum Gasteiger partial charge on any atom is -0.478 e. The molecule has 0 aliphatic rings. The summed E-state index contributed by atoms with van der Waals surface area (Å²) in [5.74, 6) is -0.917. The molecule has 0 fully saturated rings. The van der Waals surface area contributed by atoms with Crippen LogP contribution in [0.4, 0.5) is 0 Å². The second-order valence-corrected chi connectivity index (χ2v) is 6.36. The molecule has 2 aromatic carbocycles. The maximum absolute atomic E-state index is 11.0. The predicted octanol–water partition coefficient (Wildman–Crippen LogP) is 4.73. The summed E-state index contributed by atoms with van der Waals surface area (Å²) in [6.45, 7) is 2.03. The van der Waals surface area contributed by atoms with E-state index in [-0.39, 0.29) is 5.56 Å². The molecule has 0 unspecified atom stereocenters. The lowest BCUT2D eigenvalue weighted by atomic mass is 10.1. The highest BCUT2D eigenvalue weighted by Gasteiger charge is 2.10. The van der Waals surface area contributed by atoms with Crippen molar-refractivity contribution < 1.29 is 9.90 Å². The summed E-state index contributed by atoms with van der Waals surface area (Å²) in [6.07, 6.45) is 0. The molecule has 0 bridgehead atoms. The number of thiazole rings is 1. The average Bonchev–Trinajstić information content (AvgIpc) is 2.84. The summed E-state index contributed by atoms with van der Waals surface area (Å²) >= 11 is 5.02. The Morgan fingerprint density at radius 2 is 2.05 bits per heavy atom. The van der Waals surface area contributed by atoms with Gasteiger partial charge in [0, 0.05) is 10.0 Å². The molecule has 1 aromatic heterocycles. The Morgan fingerprint density at radius 1 is 1.25 bits per heavy atom. The molecule has 0 radical (unpaired) electrons. The molecule has 3 aromatic rings. The number of aryl methyl sites for hydroxylation is 1. The number of aromatic nitrogens is 1. The molecule has 0 amide bonds. The van der Waals surface area contributed by atoms with Crippen LogP contribution in [0.1, 0.15) is 15.9 Å². The van der Waals surface area contributed by atoms with Crippen molar-refractivity contribution in [2.75, 3.05) is 0 Å². The maximum atomic E-state index is 11.0. The molecule has 1 heterocycles. The molecule has 0 saturated carbocycles. The topological polar surface area (TPSA) is 50.2 Å². The summed E-state index contributed by atoms with van der Waals surface area (Å²) in [5, 5.41) is 9.90. The number of hydrogen-bond acceptors (Lipinski definition) is 3. The van der Waals surface area contributed by atoms with E-state index in [1.807, 2.05) is 25.1 Å². The Hall–Kier alpha value is -1.72. The lowest BCUT2D eigenvalue weighted by Crippen LogP contribution is -1.94. The van der Waals surface area contributed by atoms with E-state index in [1.165, 1.54) is 16.9 Å². The van der Waals surface area contributed by atoms with Crippen molar-refractivity contribution >= 4 is 43.5 Å². The third kappa shape index (κ3) is 2.34. The summed E-state index contributed by atoms with van der Waals surface area (Å²) in [6, 6.07) is 11.1. The van der Waals surface area contributed by atoms with Crippen LogP contribution in [-0.2, 0) is 0 Å². The molecular formula is C15H10BrNO2S. The highest BCUT2D eigenvalue weighted by atomic mass is 79.9. The molecule has 20 heavy (non-hydrogen) atoms. The standard InChI is InChI=1S/C15H10BrNO2S/c1-8-2-3-9(6-11(8)16)14-17-12-5-4-10(15(18)19)7-13(12)20-14/h2-7H,1H3,(H,18,19). The van der Waals surface area contributed by atoms with Crippen LogP contribution in [0.3, 0.4) is 0 Å². The van der Waals surface area contributed by atoms with E-state index in [1.54, 1.807) is 18.2 Å². The third-order valence-corrected chi connectivity index (χ3v) is 4.98. The minimum atomic E-state index is -0.917. The van der Waals surface area contributed by atoms with Gasteiger partial charge < -0.3 is 5.11 Å². The molecule has 0 aliphatic carbocycles. The average molecular weight is 348 g/mol. The number of carboxylic acids is 1. The number of aromatic carboxylic acids is 1. The van der Waals surface area contributed by atoms with Crippen LogP contribution in [0, 0.1) is 6.92 Å². The Labute approximate surface area is 128 Å². The van der Waals surface area contributed by atoms with Crippen LogP contribution in [0.15, 0.2) is 40.9 Å². The van der Waals surface area contributed by atoms with Gasteiger partial charge in [0.1, 0.15) is 5.01 Å². The van der Waals surface area contributed by atoms with Gasteiger partial charge in [-0.1, -0.05) is 28.1 Å². The fourth-order valence-electron chi connectivity index (χ4n) is 1.91. The van der Waals surface area contributed by atoms with Crippen LogP contribution >= 0.6 is 27.3 Å². The molecule has 3 rings (SSSR count). The molecule has 0 aliphatic heterocycles. The number of carboxylic acid groups (broad SMARTS) is 1. The van der Waals surface area contributed by atoms with E-state index in [0.29, 0.717) is 0 Å². The SMILES string of the molecule is Cc1ccc(-c2nc3ccc(C(=O)O)cc3s2)cc1Br. The summed E-state index contributed by atoms with van der Waals surface area (Å²) in [7, 11) is 0. The van der Waals surface area contributed by atoms with E-state index in [2.05, 4.69) is 20.9 Å². The third-order valence-electron chi connectivity index (χ3n) is 3.05. The zero-order valence-electron chi connectivity index (χ0n) is 10.6. The first-order valence-corrected chi connectivity index (χ1v) is 7.56. The molecule has 0 saturated heterocycles. The number of nitrogens with zero attached hydrogens (tertiary/aromatic N) is 1. The smallest absolute Gasteiger partial charge is 0.335 e. The Bertz CT molecular complexity index is 826. The van der Waals surface area contributed by atoms with Crippen molar-refractivity contribution in [3.05, 3.63) is 52.0 Å². The first-order valence-electron chi connectivity index (χ1n) is 5.95. The zero-order chi connectivity index (χ0) is 14.3. The van der Waals surface area contributed by atoms with Gasteiger partial charge in [-0.2, -0.15) is 0 Å². The summed E-state index contributed by atoms with van der Waals surface area (Å²) < 4.78 is 1.93. The highest BCUT2D eigenvalue weighted by molar-refractivity contribution is 9.10. The van der Waals surface area contributed by atoms with Crippen molar-refractivity contribution in [2.24, 2.45) is 0 Å². The van der Waals surface area contributed by atoms with Gasteiger partial charge in [0.15, 0.2) is 0 Å². The van der Waals surface area contributed by atoms with Gasteiger partial charge in [-0.3, -0.25) is 0 Å². The van der Waals surface area contributed by atoms with E-state index >= 15 is 0 Å². The first kappa shape index (κ1) is 13.3. The van der Waals surface area contributed by atoms with Gasteiger partial charge in [0.25, 0.3) is 0 Å². The quantitative estimate of drug-likeness (QED) is 0.728. The fourth-order valence-corrected chi connectivity index (χ4v) is 3.29. The van der Waals surface area contributed by atoms with Crippen molar-refractivity contribution in [3.63, 3.8) is 0 Å². The van der Waals surface area contributed by atoms with Gasteiger partial charge in [-0.25, -0.2) is 9.78 Å². The molecule has 0 spiro atoms. The van der Waals surface area contributed by atoms with Crippen LogP contribution in [0.25, 0.3) is 20.8 Å². The number of benzene rings is 2.